The van der Waals surface area contributed by atoms with E-state index in [1.54, 1.807) is 18.2 Å². The molecule has 1 heterocycles. The van der Waals surface area contributed by atoms with Gasteiger partial charge in [-0.05, 0) is 36.6 Å². The molecule has 0 spiro atoms. The molecule has 0 saturated heterocycles. The topological polar surface area (TPSA) is 73.6 Å². The summed E-state index contributed by atoms with van der Waals surface area (Å²) in [5.41, 5.74) is 2.01. The average Bonchev–Trinajstić information content (AvgIpc) is 2.81. The van der Waals surface area contributed by atoms with Crippen LogP contribution in [-0.4, -0.2) is 26.9 Å². The minimum atomic E-state index is -0.910. The van der Waals surface area contributed by atoms with E-state index < -0.39 is 6.10 Å². The van der Waals surface area contributed by atoms with Gasteiger partial charge in [0.2, 0.25) is 0 Å². The second-order valence-electron chi connectivity index (χ2n) is 4.43. The lowest BCUT2D eigenvalue weighted by Gasteiger charge is -2.15. The number of hydrogen-bond donors (Lipinski definition) is 3. The lowest BCUT2D eigenvalue weighted by molar-refractivity contribution is 0.212. The molecule has 6 heteroatoms. The Labute approximate surface area is 126 Å². The Balaban J connectivity index is 2.43. The van der Waals surface area contributed by atoms with Gasteiger partial charge in [0, 0.05) is 16.5 Å². The first-order valence-electron chi connectivity index (χ1n) is 6.21. The number of halogens is 1. The summed E-state index contributed by atoms with van der Waals surface area (Å²) in [6.45, 7) is 1.71. The summed E-state index contributed by atoms with van der Waals surface area (Å²) in [6, 6.07) is 5.22. The molecule has 2 rings (SSSR count). The number of hydrogen-bond acceptors (Lipinski definition) is 5. The Bertz CT molecular complexity index is 600. The highest BCUT2D eigenvalue weighted by Gasteiger charge is 2.20. The Morgan fingerprint density at radius 2 is 2.10 bits per heavy atom. The van der Waals surface area contributed by atoms with Crippen LogP contribution in [0.5, 0.6) is 0 Å². The van der Waals surface area contributed by atoms with Crippen molar-refractivity contribution >= 4 is 22.9 Å². The lowest BCUT2D eigenvalue weighted by Crippen LogP contribution is -2.07. The van der Waals surface area contributed by atoms with Crippen LogP contribution >= 0.6 is 22.9 Å². The number of aliphatic hydroxyl groups excluding tert-OH is 3. The maximum absolute atomic E-state index is 10.5. The van der Waals surface area contributed by atoms with E-state index in [-0.39, 0.29) is 13.2 Å². The van der Waals surface area contributed by atoms with Crippen LogP contribution in [0.1, 0.15) is 32.8 Å². The maximum Gasteiger partial charge on any atom is 0.122 e. The zero-order valence-corrected chi connectivity index (χ0v) is 12.6. The third-order valence-electron chi connectivity index (χ3n) is 3.05. The molecule has 1 atom stereocenters. The molecule has 0 bridgehead atoms. The Kier molecular flexibility index (Phi) is 5.12. The van der Waals surface area contributed by atoms with Gasteiger partial charge < -0.3 is 15.3 Å². The van der Waals surface area contributed by atoms with Crippen molar-refractivity contribution in [1.29, 1.82) is 0 Å². The van der Waals surface area contributed by atoms with Gasteiger partial charge in [0.1, 0.15) is 11.1 Å². The van der Waals surface area contributed by atoms with Crippen LogP contribution in [0, 0.1) is 6.92 Å². The van der Waals surface area contributed by atoms with Gasteiger partial charge in [-0.1, -0.05) is 17.7 Å². The highest BCUT2D eigenvalue weighted by atomic mass is 35.5. The largest absolute Gasteiger partial charge is 0.396 e. The van der Waals surface area contributed by atoms with Crippen LogP contribution in [0.3, 0.4) is 0 Å². The van der Waals surface area contributed by atoms with Crippen LogP contribution in [0.4, 0.5) is 0 Å². The Morgan fingerprint density at radius 1 is 1.35 bits per heavy atom. The maximum atomic E-state index is 10.5. The van der Waals surface area contributed by atoms with E-state index in [2.05, 4.69) is 4.98 Å². The van der Waals surface area contributed by atoms with Crippen molar-refractivity contribution in [2.24, 2.45) is 0 Å². The van der Waals surface area contributed by atoms with E-state index in [9.17, 15) is 5.11 Å². The minimum Gasteiger partial charge on any atom is -0.396 e. The monoisotopic (exact) mass is 313 g/mol. The zero-order chi connectivity index (χ0) is 14.7. The number of rotatable bonds is 5. The number of aliphatic hydroxyl groups is 3. The van der Waals surface area contributed by atoms with Gasteiger partial charge in [-0.25, -0.2) is 4.98 Å². The predicted octanol–water partition coefficient (Wildman–Crippen LogP) is 2.21. The summed E-state index contributed by atoms with van der Waals surface area (Å²) in [7, 11) is 0. The van der Waals surface area contributed by atoms with E-state index in [0.29, 0.717) is 27.7 Å². The summed E-state index contributed by atoms with van der Waals surface area (Å²) >= 11 is 7.35. The number of thiazole rings is 1. The van der Waals surface area contributed by atoms with Crippen molar-refractivity contribution < 1.29 is 15.3 Å². The van der Waals surface area contributed by atoms with Gasteiger partial charge in [-0.15, -0.1) is 11.3 Å². The van der Waals surface area contributed by atoms with Crippen LogP contribution in [-0.2, 0) is 13.0 Å². The number of nitrogens with zero attached hydrogens (tertiary/aromatic N) is 1. The van der Waals surface area contributed by atoms with Gasteiger partial charge in [0.15, 0.2) is 0 Å². The predicted molar refractivity (Wildman–Crippen MR) is 79.1 cm³/mol. The second-order valence-corrected chi connectivity index (χ2v) is 6.15. The van der Waals surface area contributed by atoms with Crippen LogP contribution in [0.25, 0.3) is 0 Å². The molecule has 108 valence electrons. The van der Waals surface area contributed by atoms with Crippen molar-refractivity contribution in [3.05, 3.63) is 49.9 Å². The first kappa shape index (κ1) is 15.4. The summed E-state index contributed by atoms with van der Waals surface area (Å²) in [5, 5.41) is 29.9. The minimum absolute atomic E-state index is 0.000704. The van der Waals surface area contributed by atoms with E-state index in [0.717, 1.165) is 10.4 Å². The van der Waals surface area contributed by atoms with Gasteiger partial charge in [0.05, 0.1) is 12.3 Å². The van der Waals surface area contributed by atoms with E-state index in [1.807, 2.05) is 6.92 Å². The summed E-state index contributed by atoms with van der Waals surface area (Å²) in [5.74, 6) is 0. The fourth-order valence-corrected chi connectivity index (χ4v) is 3.11. The van der Waals surface area contributed by atoms with E-state index in [1.165, 1.54) is 11.3 Å². The standard InChI is InChI=1S/C14H16ClNO3S/c1-8-13(16-12(7-18)20-8)14(19)11-6-10(15)3-2-9(11)4-5-17/h2-3,6,14,17-19H,4-5,7H2,1H3. The van der Waals surface area contributed by atoms with Crippen LogP contribution in [0.15, 0.2) is 18.2 Å². The molecule has 1 aromatic heterocycles. The molecule has 20 heavy (non-hydrogen) atoms. The van der Waals surface area contributed by atoms with Gasteiger partial charge in [-0.3, -0.25) is 0 Å². The van der Waals surface area contributed by atoms with Crippen molar-refractivity contribution in [3.63, 3.8) is 0 Å². The third-order valence-corrected chi connectivity index (χ3v) is 4.26. The molecule has 0 aliphatic heterocycles. The van der Waals surface area contributed by atoms with Crippen LogP contribution < -0.4 is 0 Å². The molecule has 0 amide bonds. The van der Waals surface area contributed by atoms with Crippen molar-refractivity contribution in [2.45, 2.75) is 26.1 Å². The zero-order valence-electron chi connectivity index (χ0n) is 11.0. The molecule has 2 aromatic rings. The first-order valence-corrected chi connectivity index (χ1v) is 7.40. The van der Waals surface area contributed by atoms with E-state index in [4.69, 9.17) is 21.8 Å². The Hall–Kier alpha value is -0.980. The molecule has 4 nitrogen and oxygen atoms in total. The molecular formula is C14H16ClNO3S. The number of aromatic nitrogens is 1. The number of benzene rings is 1. The molecule has 1 aromatic carbocycles. The van der Waals surface area contributed by atoms with Crippen LogP contribution in [0.2, 0.25) is 5.02 Å². The van der Waals surface area contributed by atoms with E-state index >= 15 is 0 Å². The summed E-state index contributed by atoms with van der Waals surface area (Å²) < 4.78 is 0. The smallest absolute Gasteiger partial charge is 0.122 e. The highest BCUT2D eigenvalue weighted by molar-refractivity contribution is 7.11. The number of aryl methyl sites for hydroxylation is 1. The molecule has 0 aliphatic rings. The average molecular weight is 314 g/mol. The molecule has 0 saturated carbocycles. The van der Waals surface area contributed by atoms with Gasteiger partial charge >= 0.3 is 0 Å². The Morgan fingerprint density at radius 3 is 2.70 bits per heavy atom. The van der Waals surface area contributed by atoms with Gasteiger partial charge in [0.25, 0.3) is 0 Å². The van der Waals surface area contributed by atoms with Crippen molar-refractivity contribution in [3.8, 4) is 0 Å². The van der Waals surface area contributed by atoms with Crippen molar-refractivity contribution in [1.82, 2.24) is 4.98 Å². The fraction of sp³-hybridized carbons (Fsp3) is 0.357. The summed E-state index contributed by atoms with van der Waals surface area (Å²) in [4.78, 5) is 5.11. The SMILES string of the molecule is Cc1sc(CO)nc1C(O)c1cc(Cl)ccc1CCO. The highest BCUT2D eigenvalue weighted by Crippen LogP contribution is 2.31. The molecule has 0 aliphatic carbocycles. The van der Waals surface area contributed by atoms with Crippen molar-refractivity contribution in [2.75, 3.05) is 6.61 Å². The van der Waals surface area contributed by atoms with Gasteiger partial charge in [-0.2, -0.15) is 0 Å². The second kappa shape index (κ2) is 6.65. The molecule has 1 unspecified atom stereocenters. The third kappa shape index (κ3) is 3.19. The lowest BCUT2D eigenvalue weighted by atomic mass is 9.98. The molecule has 3 N–H and O–H groups in total. The molecule has 0 fully saturated rings. The molecular weight excluding hydrogens is 298 g/mol. The fourth-order valence-electron chi connectivity index (χ4n) is 2.10. The molecule has 0 radical (unpaired) electrons. The first-order chi connectivity index (χ1) is 9.56. The summed E-state index contributed by atoms with van der Waals surface area (Å²) in [6.07, 6.45) is -0.466. The quantitative estimate of drug-likeness (QED) is 0.791. The normalized spacial score (nSPS) is 12.7.